The third-order valence-corrected chi connectivity index (χ3v) is 0.898. The molecule has 0 aliphatic heterocycles. The highest BCUT2D eigenvalue weighted by atomic mass is 16.2. The Kier molecular flexibility index (Phi) is 8.18. The van der Waals surface area contributed by atoms with Crippen LogP contribution < -0.4 is 10.2 Å². The van der Waals surface area contributed by atoms with E-state index in [1.54, 1.807) is 0 Å². The van der Waals surface area contributed by atoms with Gasteiger partial charge in [0.2, 0.25) is 0 Å². The molecular weight excluding hydrogens is 156 g/mol. The summed E-state index contributed by atoms with van der Waals surface area (Å²) in [5.74, 6) is 0. The molecule has 0 fully saturated rings. The van der Waals surface area contributed by atoms with Crippen molar-refractivity contribution in [2.75, 3.05) is 13.1 Å². The van der Waals surface area contributed by atoms with Crippen LogP contribution in [0.2, 0.25) is 0 Å². The summed E-state index contributed by atoms with van der Waals surface area (Å²) >= 11 is 0. The maximum Gasteiger partial charge on any atom is 0.0585 e. The van der Waals surface area contributed by atoms with Crippen LogP contribution in [-0.2, 0) is 0 Å². The van der Waals surface area contributed by atoms with Crippen molar-refractivity contribution in [2.24, 2.45) is 9.98 Å². The zero-order valence-corrected chi connectivity index (χ0v) is 6.59. The molecule has 66 valence electrons. The third-order valence-electron chi connectivity index (χ3n) is 0.898. The predicted molar refractivity (Wildman–Crippen MR) is 45.0 cm³/mol. The van der Waals surface area contributed by atoms with E-state index in [1.807, 2.05) is 0 Å². The van der Waals surface area contributed by atoms with E-state index in [2.05, 4.69) is 9.98 Å². The van der Waals surface area contributed by atoms with Gasteiger partial charge in [-0.15, -0.1) is 12.5 Å². The average Bonchev–Trinajstić information content (AvgIpc) is 2.10. The van der Waals surface area contributed by atoms with Crippen LogP contribution in [-0.4, -0.2) is 25.5 Å². The maximum atomic E-state index is 9.76. The van der Waals surface area contributed by atoms with Gasteiger partial charge >= 0.3 is 0 Å². The molecule has 0 saturated carbocycles. The first-order valence-electron chi connectivity index (χ1n) is 3.45. The van der Waals surface area contributed by atoms with E-state index in [9.17, 15) is 10.2 Å². The second kappa shape index (κ2) is 9.42. The number of hydrogen-bond acceptors (Lipinski definition) is 4. The summed E-state index contributed by atoms with van der Waals surface area (Å²) in [5, 5.41) is 19.5. The lowest BCUT2D eigenvalue weighted by atomic mass is 10.6. The number of hydrogen-bond donors (Lipinski definition) is 0. The smallest absolute Gasteiger partial charge is 0.0585 e. The zero-order valence-electron chi connectivity index (χ0n) is 6.59. The van der Waals surface area contributed by atoms with E-state index < -0.39 is 0 Å². The first-order chi connectivity index (χ1) is 5.91. The molecular formula is C8H10N2O2-2. The van der Waals surface area contributed by atoms with Gasteiger partial charge in [-0.25, -0.2) is 0 Å². The van der Waals surface area contributed by atoms with Crippen LogP contribution in [0.15, 0.2) is 34.7 Å². The fraction of sp³-hybridized carbons (Fsp3) is 0.250. The summed E-state index contributed by atoms with van der Waals surface area (Å²) < 4.78 is 0. The lowest BCUT2D eigenvalue weighted by Crippen LogP contribution is -1.89. The molecule has 0 aromatic carbocycles. The summed E-state index contributed by atoms with van der Waals surface area (Å²) in [7, 11) is 0. The Morgan fingerprint density at radius 3 is 1.58 bits per heavy atom. The maximum absolute atomic E-state index is 9.76. The summed E-state index contributed by atoms with van der Waals surface area (Å²) in [6.07, 6.45) is 6.78. The molecule has 4 heteroatoms. The quantitative estimate of drug-likeness (QED) is 0.295. The van der Waals surface area contributed by atoms with Gasteiger partial charge in [0.1, 0.15) is 0 Å². The Morgan fingerprint density at radius 2 is 1.25 bits per heavy atom. The minimum atomic E-state index is 0.521. The molecule has 0 aromatic heterocycles. The Hall–Kier alpha value is -1.58. The van der Waals surface area contributed by atoms with Gasteiger partial charge in [-0.1, -0.05) is 12.2 Å². The zero-order chi connectivity index (χ0) is 9.07. The highest BCUT2D eigenvalue weighted by molar-refractivity contribution is 5.71. The van der Waals surface area contributed by atoms with Gasteiger partial charge in [-0.05, 0) is 0 Å². The van der Waals surface area contributed by atoms with Gasteiger partial charge in [-0.2, -0.15) is 0 Å². The van der Waals surface area contributed by atoms with Gasteiger partial charge in [0, 0.05) is 12.4 Å². The van der Waals surface area contributed by atoms with Gasteiger partial charge in [0.05, 0.1) is 13.1 Å². The molecule has 0 heterocycles. The normalized spacial score (nSPS) is 13.0. The van der Waals surface area contributed by atoms with Gasteiger partial charge in [0.15, 0.2) is 0 Å². The van der Waals surface area contributed by atoms with E-state index in [0.29, 0.717) is 25.6 Å². The molecule has 0 aliphatic carbocycles. The van der Waals surface area contributed by atoms with Crippen LogP contribution in [0.1, 0.15) is 0 Å². The molecule has 0 spiro atoms. The minimum absolute atomic E-state index is 0.521. The molecule has 0 radical (unpaired) electrons. The van der Waals surface area contributed by atoms with Crippen LogP contribution in [0.25, 0.3) is 0 Å². The largest absolute Gasteiger partial charge is 0.878 e. The molecule has 0 rings (SSSR count). The monoisotopic (exact) mass is 166 g/mol. The Balaban J connectivity index is 3.32. The molecule has 0 unspecified atom stereocenters. The predicted octanol–water partition coefficient (Wildman–Crippen LogP) is -1.12. The molecule has 4 nitrogen and oxygen atoms in total. The van der Waals surface area contributed by atoms with Crippen LogP contribution in [0.4, 0.5) is 0 Å². The van der Waals surface area contributed by atoms with Crippen LogP contribution in [0, 0.1) is 0 Å². The van der Waals surface area contributed by atoms with Gasteiger partial charge in [0.25, 0.3) is 0 Å². The number of rotatable bonds is 5. The second-order valence-electron chi connectivity index (χ2n) is 1.77. The van der Waals surface area contributed by atoms with E-state index in [0.717, 1.165) is 0 Å². The number of aliphatic imine (C=N–C) groups is 2. The lowest BCUT2D eigenvalue weighted by molar-refractivity contribution is -0.275. The average molecular weight is 166 g/mol. The summed E-state index contributed by atoms with van der Waals surface area (Å²) in [5.41, 5.74) is 0. The van der Waals surface area contributed by atoms with Crippen LogP contribution in [0.3, 0.4) is 0 Å². The van der Waals surface area contributed by atoms with Gasteiger partial charge < -0.3 is 10.2 Å². The SMILES string of the molecule is [O-]/C=C/C=NCCN=C/C=C/[O-]. The fourth-order valence-corrected chi connectivity index (χ4v) is 0.457. The Morgan fingerprint density at radius 1 is 0.833 bits per heavy atom. The topological polar surface area (TPSA) is 70.8 Å². The third kappa shape index (κ3) is 8.42. The highest BCUT2D eigenvalue weighted by Gasteiger charge is 1.72. The van der Waals surface area contributed by atoms with E-state index >= 15 is 0 Å². The van der Waals surface area contributed by atoms with Crippen molar-refractivity contribution in [3.05, 3.63) is 24.7 Å². The standard InChI is InChI=1S/C8H12N2O2/c11-7-1-3-9-5-6-10-4-2-8-12/h1-4,7-8,11-12H,5-6H2/p-2/b7-1+,8-2+,9-3?,10-4?. The van der Waals surface area contributed by atoms with E-state index in [1.165, 1.54) is 24.6 Å². The molecule has 0 atom stereocenters. The Bertz CT molecular complexity index is 173. The molecule has 12 heavy (non-hydrogen) atoms. The van der Waals surface area contributed by atoms with Crippen molar-refractivity contribution in [1.82, 2.24) is 0 Å². The molecule has 0 amide bonds. The minimum Gasteiger partial charge on any atom is -0.878 e. The molecule has 0 saturated heterocycles. The fourth-order valence-electron chi connectivity index (χ4n) is 0.457. The second-order valence-corrected chi connectivity index (χ2v) is 1.77. The van der Waals surface area contributed by atoms with Crippen molar-refractivity contribution in [3.8, 4) is 0 Å². The van der Waals surface area contributed by atoms with Crippen molar-refractivity contribution >= 4 is 12.4 Å². The first-order valence-corrected chi connectivity index (χ1v) is 3.45. The van der Waals surface area contributed by atoms with Crippen molar-refractivity contribution in [1.29, 1.82) is 0 Å². The number of nitrogens with zero attached hydrogens (tertiary/aromatic N) is 2. The van der Waals surface area contributed by atoms with Crippen LogP contribution in [0.5, 0.6) is 0 Å². The molecule has 0 bridgehead atoms. The molecule has 0 aliphatic rings. The van der Waals surface area contributed by atoms with Crippen molar-refractivity contribution < 1.29 is 10.2 Å². The van der Waals surface area contributed by atoms with E-state index in [-0.39, 0.29) is 0 Å². The van der Waals surface area contributed by atoms with E-state index in [4.69, 9.17) is 0 Å². The highest BCUT2D eigenvalue weighted by Crippen LogP contribution is 1.72. The van der Waals surface area contributed by atoms with Gasteiger partial charge in [-0.3, -0.25) is 9.98 Å². The first kappa shape index (κ1) is 10.4. The van der Waals surface area contributed by atoms with Crippen molar-refractivity contribution in [2.45, 2.75) is 0 Å². The van der Waals surface area contributed by atoms with Crippen LogP contribution >= 0.6 is 0 Å². The number of allylic oxidation sites excluding steroid dienone is 2. The molecule has 0 aromatic rings. The van der Waals surface area contributed by atoms with Crippen molar-refractivity contribution in [3.63, 3.8) is 0 Å². The summed E-state index contributed by atoms with van der Waals surface area (Å²) in [4.78, 5) is 7.66. The summed E-state index contributed by atoms with van der Waals surface area (Å²) in [6, 6.07) is 0. The molecule has 0 N–H and O–H groups in total. The lowest BCUT2D eigenvalue weighted by Gasteiger charge is -1.87. The Labute approximate surface area is 71.3 Å². The summed E-state index contributed by atoms with van der Waals surface area (Å²) in [6.45, 7) is 1.04.